The fraction of sp³-hybridized carbons (Fsp3) is 0.417. The van der Waals surface area contributed by atoms with E-state index < -0.39 is 5.91 Å². The van der Waals surface area contributed by atoms with Crippen LogP contribution in [0.1, 0.15) is 19.8 Å². The molecule has 0 unspecified atom stereocenters. The van der Waals surface area contributed by atoms with Crippen molar-refractivity contribution in [2.75, 3.05) is 13.2 Å². The number of amides is 1. The van der Waals surface area contributed by atoms with E-state index in [0.717, 1.165) is 19.3 Å². The molecule has 98 valence electrons. The van der Waals surface area contributed by atoms with E-state index in [1.807, 2.05) is 6.20 Å². The maximum Gasteiger partial charge on any atom is 0.240 e. The van der Waals surface area contributed by atoms with Crippen LogP contribution in [0.25, 0.3) is 0 Å². The van der Waals surface area contributed by atoms with Crippen LogP contribution >= 0.6 is 17.0 Å². The average Bonchev–Trinajstić information content (AvgIpc) is 2.75. The van der Waals surface area contributed by atoms with Crippen LogP contribution < -0.4 is 5.73 Å². The number of halogens is 1. The Labute approximate surface area is 114 Å². The third-order valence-electron chi connectivity index (χ3n) is 2.05. The Balaban J connectivity index is 0. The van der Waals surface area contributed by atoms with Crippen LogP contribution in [0.2, 0.25) is 0 Å². The molecule has 1 amide bonds. The molecule has 5 heteroatoms. The molecule has 1 aliphatic heterocycles. The number of nitrogens with zero attached hydrogens (tertiary/aromatic N) is 2. The Hall–Kier alpha value is -1.23. The monoisotopic (exact) mass is 303 g/mol. The van der Waals surface area contributed by atoms with E-state index >= 15 is 0 Å². The van der Waals surface area contributed by atoms with Crippen molar-refractivity contribution in [1.29, 1.82) is 0 Å². The molecule has 1 aliphatic rings. The molecule has 0 bridgehead atoms. The molecule has 0 radical (unpaired) electrons. The van der Waals surface area contributed by atoms with E-state index in [0.29, 0.717) is 0 Å². The van der Waals surface area contributed by atoms with Crippen molar-refractivity contribution >= 4 is 22.9 Å². The van der Waals surface area contributed by atoms with Gasteiger partial charge in [0.15, 0.2) is 0 Å². The first-order valence-corrected chi connectivity index (χ1v) is 5.36. The van der Waals surface area contributed by atoms with Gasteiger partial charge in [0.05, 0.1) is 6.67 Å². The van der Waals surface area contributed by atoms with Crippen molar-refractivity contribution in [2.24, 2.45) is 5.73 Å². The summed E-state index contributed by atoms with van der Waals surface area (Å²) in [5, 5.41) is 0. The summed E-state index contributed by atoms with van der Waals surface area (Å²) >= 11 is 0. The maximum absolute atomic E-state index is 9.47. The third-order valence-corrected chi connectivity index (χ3v) is 2.05. The quantitative estimate of drug-likeness (QED) is 0.792. The lowest BCUT2D eigenvalue weighted by Crippen LogP contribution is -2.22. The van der Waals surface area contributed by atoms with Gasteiger partial charge in [0.25, 0.3) is 0 Å². The van der Waals surface area contributed by atoms with E-state index in [9.17, 15) is 4.79 Å². The number of unbranched alkanes of at least 4 members (excludes halogenated alkanes) is 1. The predicted octanol–water partition coefficient (Wildman–Crippen LogP) is 2.21. The highest BCUT2D eigenvalue weighted by Crippen LogP contribution is 2.06. The van der Waals surface area contributed by atoms with Crippen LogP contribution in [0.15, 0.2) is 37.8 Å². The maximum atomic E-state index is 9.47. The summed E-state index contributed by atoms with van der Waals surface area (Å²) in [5.41, 5.74) is 4.53. The third kappa shape index (κ3) is 9.68. The molecule has 17 heavy (non-hydrogen) atoms. The van der Waals surface area contributed by atoms with E-state index in [4.69, 9.17) is 0 Å². The summed E-state index contributed by atoms with van der Waals surface area (Å²) in [6.45, 7) is 11.1. The number of hydrogen-bond acceptors (Lipinski definition) is 3. The van der Waals surface area contributed by atoms with Gasteiger partial charge in [0, 0.05) is 18.9 Å². The summed E-state index contributed by atoms with van der Waals surface area (Å²) in [5.74, 6) is -0.481. The van der Waals surface area contributed by atoms with Crippen molar-refractivity contribution in [3.8, 4) is 0 Å². The second-order valence-electron chi connectivity index (χ2n) is 3.41. The Morgan fingerprint density at radius 2 is 2.06 bits per heavy atom. The molecule has 0 aromatic rings. The van der Waals surface area contributed by atoms with Crippen LogP contribution in [-0.2, 0) is 4.79 Å². The lowest BCUT2D eigenvalue weighted by molar-refractivity contribution is -0.113. The molecule has 4 nitrogen and oxygen atoms in total. The summed E-state index contributed by atoms with van der Waals surface area (Å²) < 4.78 is 0. The van der Waals surface area contributed by atoms with Gasteiger partial charge in [0.2, 0.25) is 5.91 Å². The van der Waals surface area contributed by atoms with Gasteiger partial charge >= 0.3 is 0 Å². The Kier molecular flexibility index (Phi) is 12.0. The fourth-order valence-corrected chi connectivity index (χ4v) is 1.11. The number of carbonyl (C=O) groups excluding carboxylic acids is 1. The Bertz CT molecular complexity index is 266. The van der Waals surface area contributed by atoms with E-state index in [1.54, 1.807) is 0 Å². The minimum absolute atomic E-state index is 0. The first kappa shape index (κ1) is 18.1. The minimum Gasteiger partial charge on any atom is -0.366 e. The SMILES string of the molecule is Br.C=CC(N)=O.C=CN1C=CN(CCCC)C1. The molecule has 0 saturated heterocycles. The molecular weight excluding hydrogens is 282 g/mol. The van der Waals surface area contributed by atoms with E-state index in [-0.39, 0.29) is 17.0 Å². The van der Waals surface area contributed by atoms with Crippen LogP contribution in [-0.4, -0.2) is 28.9 Å². The van der Waals surface area contributed by atoms with Gasteiger partial charge in [-0.15, -0.1) is 17.0 Å². The molecule has 0 atom stereocenters. The fourth-order valence-electron chi connectivity index (χ4n) is 1.11. The lowest BCUT2D eigenvalue weighted by atomic mass is 10.3. The number of rotatable bonds is 5. The molecule has 0 aromatic carbocycles. The van der Waals surface area contributed by atoms with Gasteiger partial charge in [-0.25, -0.2) is 0 Å². The average molecular weight is 304 g/mol. The highest BCUT2D eigenvalue weighted by atomic mass is 79.9. The van der Waals surface area contributed by atoms with Crippen molar-refractivity contribution in [3.63, 3.8) is 0 Å². The van der Waals surface area contributed by atoms with Crippen molar-refractivity contribution in [3.05, 3.63) is 37.8 Å². The zero-order valence-electron chi connectivity index (χ0n) is 10.3. The summed E-state index contributed by atoms with van der Waals surface area (Å²) in [4.78, 5) is 13.8. The van der Waals surface area contributed by atoms with E-state index in [1.165, 1.54) is 12.8 Å². The second-order valence-corrected chi connectivity index (χ2v) is 3.41. The molecule has 1 heterocycles. The van der Waals surface area contributed by atoms with Crippen LogP contribution in [0.3, 0.4) is 0 Å². The second kappa shape index (κ2) is 11.3. The molecule has 0 fully saturated rings. The molecule has 0 aliphatic carbocycles. The predicted molar refractivity (Wildman–Crippen MR) is 77.4 cm³/mol. The molecule has 2 N–H and O–H groups in total. The smallest absolute Gasteiger partial charge is 0.240 e. The summed E-state index contributed by atoms with van der Waals surface area (Å²) in [6, 6.07) is 0. The van der Waals surface area contributed by atoms with Gasteiger partial charge in [-0.05, 0) is 18.7 Å². The van der Waals surface area contributed by atoms with E-state index in [2.05, 4.69) is 48.0 Å². The Morgan fingerprint density at radius 3 is 2.41 bits per heavy atom. The van der Waals surface area contributed by atoms with Crippen molar-refractivity contribution < 1.29 is 4.79 Å². The molecule has 1 rings (SSSR count). The summed E-state index contributed by atoms with van der Waals surface area (Å²) in [6.07, 6.45) is 9.62. The van der Waals surface area contributed by atoms with Gasteiger partial charge in [-0.3, -0.25) is 4.79 Å². The van der Waals surface area contributed by atoms with Gasteiger partial charge in [0.1, 0.15) is 0 Å². The Morgan fingerprint density at radius 1 is 1.47 bits per heavy atom. The first-order chi connectivity index (χ1) is 7.63. The minimum atomic E-state index is -0.481. The number of primary amides is 1. The highest BCUT2D eigenvalue weighted by molar-refractivity contribution is 8.93. The standard InChI is InChI=1S/C9H16N2.C3H5NO.BrH/c1-3-5-6-11-8-7-10(4-2)9-11;1-2-3(4)5;/h4,7-8H,2-3,5-6,9H2,1H3;2H,1H2,(H2,4,5);1H. The number of hydrogen-bond donors (Lipinski definition) is 1. The molecule has 0 saturated carbocycles. The van der Waals surface area contributed by atoms with Crippen molar-refractivity contribution in [2.45, 2.75) is 19.8 Å². The highest BCUT2D eigenvalue weighted by Gasteiger charge is 2.07. The van der Waals surface area contributed by atoms with Gasteiger partial charge in [-0.1, -0.05) is 26.5 Å². The zero-order valence-corrected chi connectivity index (χ0v) is 12.1. The normalized spacial score (nSPS) is 12.3. The van der Waals surface area contributed by atoms with Gasteiger partial charge < -0.3 is 15.5 Å². The summed E-state index contributed by atoms with van der Waals surface area (Å²) in [7, 11) is 0. The lowest BCUT2D eigenvalue weighted by Gasteiger charge is -2.17. The largest absolute Gasteiger partial charge is 0.366 e. The van der Waals surface area contributed by atoms with Crippen LogP contribution in [0.4, 0.5) is 0 Å². The first-order valence-electron chi connectivity index (χ1n) is 5.36. The molecular formula is C12H22BrN3O. The van der Waals surface area contributed by atoms with Crippen LogP contribution in [0.5, 0.6) is 0 Å². The number of nitrogens with two attached hydrogens (primary N) is 1. The number of carbonyl (C=O) groups is 1. The van der Waals surface area contributed by atoms with Crippen molar-refractivity contribution in [1.82, 2.24) is 9.80 Å². The molecule has 0 aromatic heterocycles. The zero-order chi connectivity index (χ0) is 12.4. The van der Waals surface area contributed by atoms with Gasteiger partial charge in [-0.2, -0.15) is 0 Å². The topological polar surface area (TPSA) is 49.6 Å². The molecule has 0 spiro atoms. The van der Waals surface area contributed by atoms with Crippen LogP contribution in [0, 0.1) is 0 Å².